The van der Waals surface area contributed by atoms with Crippen molar-refractivity contribution in [3.05, 3.63) is 70.8 Å². The zero-order valence-electron chi connectivity index (χ0n) is 24.4. The molecule has 2 aromatic carbocycles. The Balaban J connectivity index is 2.56. The van der Waals surface area contributed by atoms with Crippen molar-refractivity contribution in [2.75, 3.05) is 13.2 Å². The van der Waals surface area contributed by atoms with Crippen LogP contribution in [0.1, 0.15) is 75.8 Å². The van der Waals surface area contributed by atoms with Crippen molar-refractivity contribution in [1.29, 1.82) is 0 Å². The van der Waals surface area contributed by atoms with Gasteiger partial charge in [-0.05, 0) is 64.7 Å². The fraction of sp³-hybridized carbons (Fsp3) is 0.516. The minimum Gasteiger partial charge on any atom is -0.444 e. The number of benzene rings is 2. The lowest BCUT2D eigenvalue weighted by Crippen LogP contribution is -2.55. The van der Waals surface area contributed by atoms with Crippen LogP contribution in [0, 0.1) is 13.8 Å². The number of aryl methyl sites for hydroxylation is 2. The number of aliphatic hydroxyl groups excluding tert-OH is 1. The number of hydrogen-bond acceptors (Lipinski definition) is 5. The second-order valence-corrected chi connectivity index (χ2v) is 11.1. The van der Waals surface area contributed by atoms with E-state index in [0.29, 0.717) is 5.56 Å². The molecule has 214 valence electrons. The average molecular weight is 540 g/mol. The molecule has 3 amide bonds. The first kappa shape index (κ1) is 31.8. The van der Waals surface area contributed by atoms with Crippen LogP contribution in [0.25, 0.3) is 0 Å². The van der Waals surface area contributed by atoms with Gasteiger partial charge in [0.1, 0.15) is 17.7 Å². The molecule has 39 heavy (non-hydrogen) atoms. The van der Waals surface area contributed by atoms with Gasteiger partial charge in [-0.25, -0.2) is 4.79 Å². The van der Waals surface area contributed by atoms with Crippen molar-refractivity contribution in [1.82, 2.24) is 15.5 Å². The largest absolute Gasteiger partial charge is 0.444 e. The lowest BCUT2D eigenvalue weighted by Gasteiger charge is -2.35. The molecular formula is C31H45N3O5. The van der Waals surface area contributed by atoms with Crippen molar-refractivity contribution in [3.63, 3.8) is 0 Å². The fourth-order valence-electron chi connectivity index (χ4n) is 4.51. The van der Waals surface area contributed by atoms with Gasteiger partial charge in [0.2, 0.25) is 11.8 Å². The minimum absolute atomic E-state index is 0.0895. The van der Waals surface area contributed by atoms with Crippen molar-refractivity contribution in [2.24, 2.45) is 0 Å². The molecule has 0 aliphatic carbocycles. The lowest BCUT2D eigenvalue weighted by molar-refractivity contribution is -0.143. The molecule has 2 rings (SSSR count). The van der Waals surface area contributed by atoms with E-state index >= 15 is 0 Å². The van der Waals surface area contributed by atoms with Crippen LogP contribution in [0.3, 0.4) is 0 Å². The fourth-order valence-corrected chi connectivity index (χ4v) is 4.51. The van der Waals surface area contributed by atoms with Crippen molar-refractivity contribution in [3.8, 4) is 0 Å². The van der Waals surface area contributed by atoms with E-state index in [1.165, 1.54) is 4.90 Å². The van der Waals surface area contributed by atoms with E-state index in [1.54, 1.807) is 20.8 Å². The van der Waals surface area contributed by atoms with Crippen molar-refractivity contribution < 1.29 is 24.2 Å². The second kappa shape index (κ2) is 14.7. The van der Waals surface area contributed by atoms with Gasteiger partial charge in [-0.3, -0.25) is 9.59 Å². The number of amides is 3. The predicted molar refractivity (Wildman–Crippen MR) is 153 cm³/mol. The summed E-state index contributed by atoms with van der Waals surface area (Å²) in [5.74, 6) is -0.815. The average Bonchev–Trinajstić information content (AvgIpc) is 2.84. The molecule has 8 heteroatoms. The standard InChI is InChI=1S/C31H45N3O5/c1-8-12-23(4)32-28(36)27(25-19-21(2)15-16-22(25)3)34(17-18-35)29(37)26(20-24-13-10-9-11-14-24)33-30(38)39-31(5,6)7/h9-11,13-16,19,23,26-27,35H,8,12,17-18,20H2,1-7H3,(H,32,36)(H,33,38). The molecule has 3 atom stereocenters. The molecule has 0 aliphatic heterocycles. The number of hydrogen-bond donors (Lipinski definition) is 3. The summed E-state index contributed by atoms with van der Waals surface area (Å²) in [6.07, 6.45) is 1.14. The molecule has 0 heterocycles. The van der Waals surface area contributed by atoms with Crippen LogP contribution in [0.4, 0.5) is 4.79 Å². The maximum Gasteiger partial charge on any atom is 0.408 e. The van der Waals surface area contributed by atoms with Gasteiger partial charge in [0, 0.05) is 19.0 Å². The van der Waals surface area contributed by atoms with E-state index < -0.39 is 29.7 Å². The Kier molecular flexibility index (Phi) is 12.0. The number of alkyl carbamates (subject to hydrolysis) is 1. The van der Waals surface area contributed by atoms with Gasteiger partial charge in [0.25, 0.3) is 0 Å². The highest BCUT2D eigenvalue weighted by Gasteiger charge is 2.37. The SMILES string of the molecule is CCCC(C)NC(=O)C(c1cc(C)ccc1C)N(CCO)C(=O)C(Cc1ccccc1)NC(=O)OC(C)(C)C. The third kappa shape index (κ3) is 10.0. The Morgan fingerprint density at radius 1 is 1.03 bits per heavy atom. The molecule has 3 unspecified atom stereocenters. The summed E-state index contributed by atoms with van der Waals surface area (Å²) in [5.41, 5.74) is 2.54. The molecule has 0 bridgehead atoms. The smallest absolute Gasteiger partial charge is 0.408 e. The summed E-state index contributed by atoms with van der Waals surface area (Å²) in [4.78, 5) is 42.2. The molecule has 0 saturated heterocycles. The number of ether oxygens (including phenoxy) is 1. The van der Waals surface area contributed by atoms with Crippen LogP contribution < -0.4 is 10.6 Å². The van der Waals surface area contributed by atoms with Crippen LogP contribution in [0.5, 0.6) is 0 Å². The summed E-state index contributed by atoms with van der Waals surface area (Å²) in [6, 6.07) is 13.0. The third-order valence-electron chi connectivity index (χ3n) is 6.30. The number of carbonyl (C=O) groups excluding carboxylic acids is 3. The summed E-state index contributed by atoms with van der Waals surface area (Å²) in [7, 11) is 0. The van der Waals surface area contributed by atoms with Gasteiger partial charge in [0.05, 0.1) is 6.61 Å². The van der Waals surface area contributed by atoms with E-state index in [0.717, 1.165) is 29.5 Å². The quantitative estimate of drug-likeness (QED) is 0.365. The van der Waals surface area contributed by atoms with Crippen LogP contribution in [0.15, 0.2) is 48.5 Å². The summed E-state index contributed by atoms with van der Waals surface area (Å²) in [5, 5.41) is 15.8. The van der Waals surface area contributed by atoms with Crippen LogP contribution in [0.2, 0.25) is 0 Å². The number of rotatable bonds is 12. The number of aliphatic hydroxyl groups is 1. The Bertz CT molecular complexity index is 1100. The molecule has 3 N–H and O–H groups in total. The highest BCUT2D eigenvalue weighted by Crippen LogP contribution is 2.27. The molecule has 0 aromatic heterocycles. The molecule has 0 spiro atoms. The van der Waals surface area contributed by atoms with Gasteiger partial charge in [-0.15, -0.1) is 0 Å². The van der Waals surface area contributed by atoms with Crippen LogP contribution >= 0.6 is 0 Å². The van der Waals surface area contributed by atoms with Gasteiger partial charge in [0.15, 0.2) is 0 Å². The van der Waals surface area contributed by atoms with E-state index in [1.807, 2.05) is 76.2 Å². The lowest BCUT2D eigenvalue weighted by atomic mass is 9.95. The summed E-state index contributed by atoms with van der Waals surface area (Å²) < 4.78 is 5.45. The summed E-state index contributed by atoms with van der Waals surface area (Å²) >= 11 is 0. The first-order valence-corrected chi connectivity index (χ1v) is 13.7. The van der Waals surface area contributed by atoms with E-state index in [2.05, 4.69) is 10.6 Å². The topological polar surface area (TPSA) is 108 Å². The molecule has 2 aromatic rings. The maximum absolute atomic E-state index is 14.2. The molecule has 0 saturated carbocycles. The van der Waals surface area contributed by atoms with Crippen molar-refractivity contribution >= 4 is 17.9 Å². The number of nitrogens with zero attached hydrogens (tertiary/aromatic N) is 1. The Hall–Kier alpha value is -3.39. The normalized spacial score (nSPS) is 13.6. The van der Waals surface area contributed by atoms with Gasteiger partial charge in [-0.2, -0.15) is 0 Å². The van der Waals surface area contributed by atoms with E-state index in [4.69, 9.17) is 4.74 Å². The monoisotopic (exact) mass is 539 g/mol. The van der Waals surface area contributed by atoms with Crippen molar-refractivity contribution in [2.45, 2.75) is 91.5 Å². The Labute approximate surface area is 233 Å². The highest BCUT2D eigenvalue weighted by molar-refractivity contribution is 5.92. The number of carbonyl (C=O) groups is 3. The Morgan fingerprint density at radius 2 is 1.69 bits per heavy atom. The zero-order valence-corrected chi connectivity index (χ0v) is 24.4. The van der Waals surface area contributed by atoms with Gasteiger partial charge in [-0.1, -0.05) is 67.4 Å². The molecule has 0 fully saturated rings. The molecule has 0 aliphatic rings. The zero-order chi connectivity index (χ0) is 29.2. The first-order chi connectivity index (χ1) is 18.4. The molecule has 8 nitrogen and oxygen atoms in total. The molecule has 0 radical (unpaired) electrons. The first-order valence-electron chi connectivity index (χ1n) is 13.7. The van der Waals surface area contributed by atoms with E-state index in [9.17, 15) is 19.5 Å². The van der Waals surface area contributed by atoms with E-state index in [-0.39, 0.29) is 31.5 Å². The van der Waals surface area contributed by atoms with Gasteiger partial charge >= 0.3 is 6.09 Å². The maximum atomic E-state index is 14.2. The molecular weight excluding hydrogens is 494 g/mol. The van der Waals surface area contributed by atoms with Crippen LogP contribution in [-0.2, 0) is 20.7 Å². The van der Waals surface area contributed by atoms with Crippen LogP contribution in [-0.4, -0.2) is 58.8 Å². The number of nitrogens with one attached hydrogen (secondary N) is 2. The van der Waals surface area contributed by atoms with Gasteiger partial charge < -0.3 is 25.4 Å². The Morgan fingerprint density at radius 3 is 2.28 bits per heavy atom. The second-order valence-electron chi connectivity index (χ2n) is 11.1. The predicted octanol–water partition coefficient (Wildman–Crippen LogP) is 4.61. The third-order valence-corrected chi connectivity index (χ3v) is 6.30. The highest BCUT2D eigenvalue weighted by atomic mass is 16.6. The summed E-state index contributed by atoms with van der Waals surface area (Å²) in [6.45, 7) is 12.6. The minimum atomic E-state index is -1.03.